The van der Waals surface area contributed by atoms with E-state index in [9.17, 15) is 22.8 Å². The highest BCUT2D eigenvalue weighted by atomic mass is 19.4. The van der Waals surface area contributed by atoms with Crippen molar-refractivity contribution in [1.82, 2.24) is 4.98 Å². The van der Waals surface area contributed by atoms with Crippen LogP contribution in [0.25, 0.3) is 0 Å². The number of carbonyl (C=O) groups excluding carboxylic acids is 1. The lowest BCUT2D eigenvalue weighted by molar-refractivity contribution is -0.157. The molecule has 116 valence electrons. The molecule has 0 aliphatic heterocycles. The summed E-state index contributed by atoms with van der Waals surface area (Å²) in [7, 11) is 0. The van der Waals surface area contributed by atoms with E-state index >= 15 is 0 Å². The third kappa shape index (κ3) is 4.44. The number of ether oxygens (including phenoxy) is 1. The van der Waals surface area contributed by atoms with Gasteiger partial charge in [-0.2, -0.15) is 13.2 Å². The van der Waals surface area contributed by atoms with Gasteiger partial charge in [0.15, 0.2) is 5.92 Å². The topological polar surface area (TPSA) is 76.5 Å². The molecule has 0 amide bonds. The van der Waals surface area contributed by atoms with Crippen LogP contribution in [-0.2, 0) is 20.5 Å². The first-order chi connectivity index (χ1) is 9.66. The molecule has 0 radical (unpaired) electrons. The Labute approximate surface area is 118 Å². The molecule has 0 saturated carbocycles. The molecule has 1 rings (SSSR count). The van der Waals surface area contributed by atoms with Crippen LogP contribution < -0.4 is 0 Å². The van der Waals surface area contributed by atoms with Gasteiger partial charge in [-0.05, 0) is 25.5 Å². The molecule has 2 atom stereocenters. The van der Waals surface area contributed by atoms with Crippen molar-refractivity contribution < 1.29 is 32.6 Å². The Balaban J connectivity index is 3.12. The Kier molecular flexibility index (Phi) is 5.28. The van der Waals surface area contributed by atoms with E-state index in [1.54, 1.807) is 13.8 Å². The monoisotopic (exact) mass is 305 g/mol. The highest BCUT2D eigenvalue weighted by molar-refractivity contribution is 5.99. The Bertz CT molecular complexity index is 530. The third-order valence-corrected chi connectivity index (χ3v) is 2.78. The van der Waals surface area contributed by atoms with E-state index in [2.05, 4.69) is 4.98 Å². The van der Waals surface area contributed by atoms with E-state index in [0.29, 0.717) is 18.6 Å². The summed E-state index contributed by atoms with van der Waals surface area (Å²) in [5, 5.41) is 9.05. The van der Waals surface area contributed by atoms with Crippen LogP contribution in [0, 0.1) is 0 Å². The predicted molar refractivity (Wildman–Crippen MR) is 65.5 cm³/mol. The summed E-state index contributed by atoms with van der Waals surface area (Å²) in [5.41, 5.74) is -1.58. The van der Waals surface area contributed by atoms with Gasteiger partial charge in [-0.3, -0.25) is 14.6 Å². The number of hydrogen-bond donors (Lipinski definition) is 1. The number of carboxylic acids is 1. The number of halogens is 3. The first-order valence-electron chi connectivity index (χ1n) is 6.13. The van der Waals surface area contributed by atoms with E-state index < -0.39 is 41.4 Å². The van der Waals surface area contributed by atoms with Crippen molar-refractivity contribution in [3.05, 3.63) is 29.6 Å². The largest absolute Gasteiger partial charge is 0.480 e. The van der Waals surface area contributed by atoms with Crippen molar-refractivity contribution in [2.45, 2.75) is 38.5 Å². The minimum Gasteiger partial charge on any atom is -0.480 e. The number of nitrogens with zero attached hydrogens (tertiary/aromatic N) is 1. The molecule has 2 unspecified atom stereocenters. The van der Waals surface area contributed by atoms with Crippen molar-refractivity contribution in [3.63, 3.8) is 0 Å². The molecule has 8 heteroatoms. The highest BCUT2D eigenvalue weighted by Crippen LogP contribution is 2.30. The van der Waals surface area contributed by atoms with Crippen LogP contribution in [0.4, 0.5) is 13.2 Å². The number of rotatable bonds is 5. The quantitative estimate of drug-likeness (QED) is 0.668. The summed E-state index contributed by atoms with van der Waals surface area (Å²) >= 11 is 0. The minimum atomic E-state index is -4.65. The second kappa shape index (κ2) is 6.55. The molecule has 5 nitrogen and oxygen atoms in total. The van der Waals surface area contributed by atoms with Gasteiger partial charge in [-0.25, -0.2) is 0 Å². The minimum absolute atomic E-state index is 0.452. The van der Waals surface area contributed by atoms with E-state index in [1.165, 1.54) is 0 Å². The molecular formula is C13H14F3NO4. The highest BCUT2D eigenvalue weighted by Gasteiger charge is 2.36. The first-order valence-corrected chi connectivity index (χ1v) is 6.13. The van der Waals surface area contributed by atoms with Crippen LogP contribution in [0.5, 0.6) is 0 Å². The zero-order valence-corrected chi connectivity index (χ0v) is 11.3. The molecule has 1 heterocycles. The van der Waals surface area contributed by atoms with Gasteiger partial charge in [0.1, 0.15) is 0 Å². The van der Waals surface area contributed by atoms with E-state index in [4.69, 9.17) is 9.84 Å². The molecule has 0 bridgehead atoms. The molecule has 0 saturated heterocycles. The third-order valence-electron chi connectivity index (χ3n) is 2.78. The number of aromatic nitrogens is 1. The molecule has 0 aliphatic carbocycles. The van der Waals surface area contributed by atoms with Crippen LogP contribution >= 0.6 is 0 Å². The van der Waals surface area contributed by atoms with Crippen molar-refractivity contribution in [3.8, 4) is 0 Å². The van der Waals surface area contributed by atoms with Gasteiger partial charge >= 0.3 is 18.1 Å². The summed E-state index contributed by atoms with van der Waals surface area (Å²) in [6.07, 6.45) is -3.93. The predicted octanol–water partition coefficient (Wildman–Crippen LogP) is 2.61. The van der Waals surface area contributed by atoms with Crippen LogP contribution in [-0.4, -0.2) is 28.1 Å². The zero-order chi connectivity index (χ0) is 16.2. The lowest BCUT2D eigenvalue weighted by atomic mass is 10.0. The number of carbonyl (C=O) groups is 2. The maximum Gasteiger partial charge on any atom is 0.416 e. The van der Waals surface area contributed by atoms with E-state index in [0.717, 1.165) is 6.20 Å². The van der Waals surface area contributed by atoms with E-state index in [-0.39, 0.29) is 0 Å². The molecule has 0 fully saturated rings. The maximum atomic E-state index is 12.6. The number of carboxylic acid groups (broad SMARTS) is 1. The Morgan fingerprint density at radius 2 is 2.05 bits per heavy atom. The zero-order valence-electron chi connectivity index (χ0n) is 11.3. The van der Waals surface area contributed by atoms with E-state index in [1.807, 2.05) is 0 Å². The Morgan fingerprint density at radius 1 is 1.43 bits per heavy atom. The number of aliphatic carboxylic acids is 1. The summed E-state index contributed by atoms with van der Waals surface area (Å²) < 4.78 is 42.7. The van der Waals surface area contributed by atoms with Crippen LogP contribution in [0.2, 0.25) is 0 Å². The maximum absolute atomic E-state index is 12.6. The van der Waals surface area contributed by atoms with Gasteiger partial charge in [-0.15, -0.1) is 0 Å². The lowest BCUT2D eigenvalue weighted by Gasteiger charge is -2.16. The second-order valence-corrected chi connectivity index (χ2v) is 4.39. The fourth-order valence-electron chi connectivity index (χ4n) is 1.48. The number of pyridine rings is 1. The summed E-state index contributed by atoms with van der Waals surface area (Å²) in [4.78, 5) is 26.5. The molecule has 0 aromatic carbocycles. The number of hydrogen-bond acceptors (Lipinski definition) is 4. The van der Waals surface area contributed by atoms with Crippen molar-refractivity contribution in [2.75, 3.05) is 0 Å². The number of esters is 1. The van der Waals surface area contributed by atoms with Crippen molar-refractivity contribution >= 4 is 11.9 Å². The molecule has 0 spiro atoms. The average molecular weight is 305 g/mol. The number of alkyl halides is 3. The second-order valence-electron chi connectivity index (χ2n) is 4.39. The molecule has 1 N–H and O–H groups in total. The lowest BCUT2D eigenvalue weighted by Crippen LogP contribution is -2.27. The van der Waals surface area contributed by atoms with Crippen molar-refractivity contribution in [2.24, 2.45) is 0 Å². The standard InChI is InChI=1S/C13H14F3NO4/c1-3-7(2)21-12(20)10(11(18)19)9-6-8(4-5-17-9)13(14,15)16/h4-7,10H,3H2,1-2H3,(H,18,19). The molecule has 0 aliphatic rings. The summed E-state index contributed by atoms with van der Waals surface area (Å²) in [5.74, 6) is -4.64. The fourth-order valence-corrected chi connectivity index (χ4v) is 1.48. The molecule has 1 aromatic heterocycles. The van der Waals surface area contributed by atoms with Gasteiger partial charge in [0.25, 0.3) is 0 Å². The molecule has 21 heavy (non-hydrogen) atoms. The van der Waals surface area contributed by atoms with Gasteiger partial charge in [-0.1, -0.05) is 6.92 Å². The first kappa shape index (κ1) is 16.9. The van der Waals surface area contributed by atoms with Crippen LogP contribution in [0.3, 0.4) is 0 Å². The smallest absolute Gasteiger partial charge is 0.416 e. The molecule has 1 aromatic rings. The SMILES string of the molecule is CCC(C)OC(=O)C(C(=O)O)c1cc(C(F)(F)F)ccn1. The Hall–Kier alpha value is -2.12. The Morgan fingerprint density at radius 3 is 2.52 bits per heavy atom. The summed E-state index contributed by atoms with van der Waals surface area (Å²) in [6.45, 7) is 3.27. The molecular weight excluding hydrogens is 291 g/mol. The average Bonchev–Trinajstić information content (AvgIpc) is 2.37. The van der Waals surface area contributed by atoms with Gasteiger partial charge in [0.2, 0.25) is 0 Å². The van der Waals surface area contributed by atoms with Crippen LogP contribution in [0.15, 0.2) is 18.3 Å². The summed E-state index contributed by atoms with van der Waals surface area (Å²) in [6, 6.07) is 1.24. The normalized spacial score (nSPS) is 14.3. The van der Waals surface area contributed by atoms with Gasteiger partial charge < -0.3 is 9.84 Å². The van der Waals surface area contributed by atoms with Crippen molar-refractivity contribution in [1.29, 1.82) is 0 Å². The van der Waals surface area contributed by atoms with Gasteiger partial charge in [0, 0.05) is 6.20 Å². The van der Waals surface area contributed by atoms with Crippen LogP contribution in [0.1, 0.15) is 37.4 Å². The van der Waals surface area contributed by atoms with Gasteiger partial charge in [0.05, 0.1) is 17.4 Å². The fraction of sp³-hybridized carbons (Fsp3) is 0.462.